The van der Waals surface area contributed by atoms with Crippen LogP contribution in [0.2, 0.25) is 5.02 Å². The molecule has 1 amide bonds. The number of nitrogens with zero attached hydrogens (tertiary/aromatic N) is 2. The number of hydrogen-bond donors (Lipinski definition) is 3. The van der Waals surface area contributed by atoms with Crippen molar-refractivity contribution in [3.63, 3.8) is 0 Å². The second-order valence-electron chi connectivity index (χ2n) is 8.92. The Labute approximate surface area is 192 Å². The van der Waals surface area contributed by atoms with E-state index in [0.29, 0.717) is 34.8 Å². The second kappa shape index (κ2) is 9.71. The van der Waals surface area contributed by atoms with Gasteiger partial charge in [-0.15, -0.1) is 0 Å². The lowest BCUT2D eigenvalue weighted by Gasteiger charge is -2.31. The zero-order valence-electron chi connectivity index (χ0n) is 18.7. The van der Waals surface area contributed by atoms with Crippen molar-refractivity contribution in [3.8, 4) is 0 Å². The van der Waals surface area contributed by atoms with Crippen LogP contribution in [-0.4, -0.2) is 32.8 Å². The summed E-state index contributed by atoms with van der Waals surface area (Å²) in [7, 11) is 0. The molecule has 0 radical (unpaired) electrons. The molecule has 3 N–H and O–H groups in total. The maximum atomic E-state index is 13.5. The number of fused-ring (bicyclic) bond motifs is 1. The average molecular weight is 457 g/mol. The highest BCUT2D eigenvalue weighted by atomic mass is 35.5. The van der Waals surface area contributed by atoms with Gasteiger partial charge in [-0.2, -0.15) is 0 Å². The van der Waals surface area contributed by atoms with Crippen LogP contribution in [0.3, 0.4) is 0 Å². The Morgan fingerprint density at radius 2 is 1.88 bits per heavy atom. The van der Waals surface area contributed by atoms with Gasteiger partial charge in [-0.05, 0) is 43.5 Å². The second-order valence-corrected chi connectivity index (χ2v) is 9.36. The number of carbonyl (C=O) groups is 1. The highest BCUT2D eigenvalue weighted by Gasteiger charge is 2.27. The Hall–Kier alpha value is -2.90. The zero-order chi connectivity index (χ0) is 23.5. The Bertz CT molecular complexity index is 1160. The molecule has 0 aliphatic rings. The van der Waals surface area contributed by atoms with Gasteiger partial charge in [0.05, 0.1) is 29.0 Å². The van der Waals surface area contributed by atoms with E-state index >= 15 is 0 Å². The van der Waals surface area contributed by atoms with Gasteiger partial charge < -0.3 is 15.7 Å². The summed E-state index contributed by atoms with van der Waals surface area (Å²) in [4.78, 5) is 29.5. The minimum atomic E-state index is -1.09. The minimum Gasteiger partial charge on any atom is -0.465 e. The van der Waals surface area contributed by atoms with Crippen LogP contribution in [0.4, 0.5) is 4.79 Å². The van der Waals surface area contributed by atoms with E-state index in [0.717, 1.165) is 5.56 Å². The first-order valence-corrected chi connectivity index (χ1v) is 10.9. The van der Waals surface area contributed by atoms with Crippen molar-refractivity contribution < 1.29 is 9.90 Å². The van der Waals surface area contributed by atoms with Crippen LogP contribution in [-0.2, 0) is 6.54 Å². The van der Waals surface area contributed by atoms with E-state index < -0.39 is 11.6 Å². The Kier molecular flexibility index (Phi) is 7.21. The predicted molar refractivity (Wildman–Crippen MR) is 127 cm³/mol. The molecule has 8 heteroatoms. The molecule has 32 heavy (non-hydrogen) atoms. The highest BCUT2D eigenvalue weighted by Crippen LogP contribution is 2.24. The third-order valence-corrected chi connectivity index (χ3v) is 5.52. The Morgan fingerprint density at radius 3 is 2.50 bits per heavy atom. The van der Waals surface area contributed by atoms with E-state index in [9.17, 15) is 9.59 Å². The molecule has 1 unspecified atom stereocenters. The normalized spacial score (nSPS) is 12.8. The molecule has 3 rings (SSSR count). The van der Waals surface area contributed by atoms with E-state index in [1.807, 2.05) is 44.2 Å². The number of halogens is 1. The number of amides is 1. The van der Waals surface area contributed by atoms with E-state index in [-0.39, 0.29) is 17.5 Å². The van der Waals surface area contributed by atoms with Crippen molar-refractivity contribution in [2.24, 2.45) is 5.92 Å². The standard InChI is InChI=1S/C24H29ClN4O3/c1-15(2)20(26-14-24(3,4)28-23(31)32)21-27-19-12-17(25)10-11-18(19)22(30)29(21)13-16-8-6-5-7-9-16/h5-12,15,20,26,28H,13-14H2,1-4H3,(H,31,32). The molecule has 0 saturated heterocycles. The van der Waals surface area contributed by atoms with Gasteiger partial charge in [0.1, 0.15) is 5.82 Å². The fraction of sp³-hybridized carbons (Fsp3) is 0.375. The topological polar surface area (TPSA) is 96.2 Å². The van der Waals surface area contributed by atoms with Crippen molar-refractivity contribution in [2.45, 2.75) is 45.8 Å². The maximum Gasteiger partial charge on any atom is 0.405 e. The first kappa shape index (κ1) is 23.8. The van der Waals surface area contributed by atoms with Gasteiger partial charge >= 0.3 is 6.09 Å². The maximum absolute atomic E-state index is 13.5. The van der Waals surface area contributed by atoms with E-state index in [1.165, 1.54) is 0 Å². The zero-order valence-corrected chi connectivity index (χ0v) is 19.5. The van der Waals surface area contributed by atoms with Crippen LogP contribution in [0.15, 0.2) is 53.3 Å². The summed E-state index contributed by atoms with van der Waals surface area (Å²) in [5.74, 6) is 0.677. The molecule has 0 saturated carbocycles. The molecule has 0 spiro atoms. The van der Waals surface area contributed by atoms with Gasteiger partial charge in [0.15, 0.2) is 0 Å². The molecular formula is C24H29ClN4O3. The third-order valence-electron chi connectivity index (χ3n) is 5.28. The molecule has 0 aliphatic carbocycles. The summed E-state index contributed by atoms with van der Waals surface area (Å²) in [5.41, 5.74) is 0.684. The SMILES string of the molecule is CC(C)C(NCC(C)(C)NC(=O)O)c1nc2cc(Cl)ccc2c(=O)n1Cc1ccccc1. The quantitative estimate of drug-likeness (QED) is 0.466. The number of aromatic nitrogens is 2. The van der Waals surface area contributed by atoms with E-state index in [4.69, 9.17) is 21.7 Å². The van der Waals surface area contributed by atoms with Gasteiger partial charge in [-0.1, -0.05) is 55.8 Å². The molecule has 0 bridgehead atoms. The number of nitrogens with one attached hydrogen (secondary N) is 2. The van der Waals surface area contributed by atoms with Crippen molar-refractivity contribution in [1.82, 2.24) is 20.2 Å². The summed E-state index contributed by atoms with van der Waals surface area (Å²) in [6, 6.07) is 14.6. The van der Waals surface area contributed by atoms with Gasteiger partial charge in [0.2, 0.25) is 0 Å². The lowest BCUT2D eigenvalue weighted by atomic mass is 9.99. The van der Waals surface area contributed by atoms with Gasteiger partial charge in [-0.25, -0.2) is 9.78 Å². The molecule has 1 aromatic heterocycles. The molecule has 1 heterocycles. The van der Waals surface area contributed by atoms with Crippen LogP contribution in [0.1, 0.15) is 45.1 Å². The predicted octanol–water partition coefficient (Wildman–Crippen LogP) is 4.43. The van der Waals surface area contributed by atoms with Gasteiger partial charge in [0, 0.05) is 11.6 Å². The summed E-state index contributed by atoms with van der Waals surface area (Å²) < 4.78 is 1.70. The smallest absolute Gasteiger partial charge is 0.405 e. The summed E-state index contributed by atoms with van der Waals surface area (Å²) in [6.45, 7) is 8.42. The molecule has 3 aromatic rings. The fourth-order valence-corrected chi connectivity index (χ4v) is 3.86. The number of hydrogen-bond acceptors (Lipinski definition) is 4. The van der Waals surface area contributed by atoms with Crippen LogP contribution in [0.25, 0.3) is 10.9 Å². The largest absolute Gasteiger partial charge is 0.465 e. The third kappa shape index (κ3) is 5.66. The molecule has 2 aromatic carbocycles. The minimum absolute atomic E-state index is 0.0844. The summed E-state index contributed by atoms with van der Waals surface area (Å²) in [6.07, 6.45) is -1.09. The molecule has 0 aliphatic heterocycles. The highest BCUT2D eigenvalue weighted by molar-refractivity contribution is 6.31. The van der Waals surface area contributed by atoms with E-state index in [1.54, 1.807) is 36.6 Å². The van der Waals surface area contributed by atoms with Crippen LogP contribution in [0.5, 0.6) is 0 Å². The summed E-state index contributed by atoms with van der Waals surface area (Å²) >= 11 is 6.18. The molecular weight excluding hydrogens is 428 g/mol. The monoisotopic (exact) mass is 456 g/mol. The van der Waals surface area contributed by atoms with Crippen LogP contribution >= 0.6 is 11.6 Å². The average Bonchev–Trinajstić information content (AvgIpc) is 2.70. The fourth-order valence-electron chi connectivity index (χ4n) is 3.69. The Morgan fingerprint density at radius 1 is 1.19 bits per heavy atom. The molecule has 7 nitrogen and oxygen atoms in total. The van der Waals surface area contributed by atoms with Crippen LogP contribution in [0, 0.1) is 5.92 Å². The van der Waals surface area contributed by atoms with Crippen molar-refractivity contribution in [1.29, 1.82) is 0 Å². The number of rotatable bonds is 8. The first-order chi connectivity index (χ1) is 15.1. The van der Waals surface area contributed by atoms with Crippen LogP contribution < -0.4 is 16.2 Å². The molecule has 170 valence electrons. The summed E-state index contributed by atoms with van der Waals surface area (Å²) in [5, 5.41) is 16.1. The van der Waals surface area contributed by atoms with Gasteiger partial charge in [0.25, 0.3) is 5.56 Å². The van der Waals surface area contributed by atoms with Gasteiger partial charge in [-0.3, -0.25) is 9.36 Å². The van der Waals surface area contributed by atoms with Crippen molar-refractivity contribution >= 4 is 28.6 Å². The van der Waals surface area contributed by atoms with E-state index in [2.05, 4.69) is 10.6 Å². The number of carboxylic acid groups (broad SMARTS) is 1. The molecule has 0 fully saturated rings. The van der Waals surface area contributed by atoms with Crippen molar-refractivity contribution in [3.05, 3.63) is 75.3 Å². The number of benzene rings is 2. The Balaban J connectivity index is 2.10. The first-order valence-electron chi connectivity index (χ1n) is 10.6. The lowest BCUT2D eigenvalue weighted by molar-refractivity contribution is 0.180. The van der Waals surface area contributed by atoms with Crippen molar-refractivity contribution in [2.75, 3.05) is 6.54 Å². The lowest BCUT2D eigenvalue weighted by Crippen LogP contribution is -2.51. The molecule has 1 atom stereocenters.